The number of aromatic hydroxyl groups is 4. The van der Waals surface area contributed by atoms with Crippen molar-refractivity contribution in [2.75, 3.05) is 6.61 Å². The highest BCUT2D eigenvalue weighted by Crippen LogP contribution is 2.36. The van der Waals surface area contributed by atoms with Crippen molar-refractivity contribution >= 4 is 18.0 Å². The number of ether oxygens (including phenoxy) is 3. The van der Waals surface area contributed by atoms with E-state index < -0.39 is 72.1 Å². The third-order valence-electron chi connectivity index (χ3n) is 4.89. The molecule has 2 aromatic rings. The van der Waals surface area contributed by atoms with Gasteiger partial charge in [-0.05, 0) is 35.9 Å². The normalized spacial score (nSPS) is 24.6. The van der Waals surface area contributed by atoms with E-state index in [2.05, 4.69) is 0 Å². The molecule has 0 aliphatic carbocycles. The second-order valence-corrected chi connectivity index (χ2v) is 7.34. The maximum absolute atomic E-state index is 12.3. The van der Waals surface area contributed by atoms with Crippen molar-refractivity contribution in [3.05, 3.63) is 53.6 Å². The van der Waals surface area contributed by atoms with Crippen molar-refractivity contribution in [1.29, 1.82) is 0 Å². The molecule has 1 heterocycles. The minimum absolute atomic E-state index is 0.0539. The summed E-state index contributed by atoms with van der Waals surface area (Å²) in [6, 6.07) is 7.53. The summed E-state index contributed by atoms with van der Waals surface area (Å²) in [6.07, 6.45) is -6.10. The van der Waals surface area contributed by atoms with Crippen LogP contribution in [0.4, 0.5) is 0 Å². The summed E-state index contributed by atoms with van der Waals surface area (Å²) >= 11 is 0. The maximum Gasteiger partial charge on any atom is 0.340 e. The van der Waals surface area contributed by atoms with Gasteiger partial charge in [-0.25, -0.2) is 9.59 Å². The van der Waals surface area contributed by atoms with E-state index >= 15 is 0 Å². The lowest BCUT2D eigenvalue weighted by Gasteiger charge is -2.39. The van der Waals surface area contributed by atoms with E-state index in [1.165, 1.54) is 18.2 Å². The van der Waals surface area contributed by atoms with Crippen LogP contribution in [-0.2, 0) is 19.0 Å². The van der Waals surface area contributed by atoms with Crippen LogP contribution in [0.1, 0.15) is 15.9 Å². The lowest BCUT2D eigenvalue weighted by atomic mass is 9.99. The van der Waals surface area contributed by atoms with Crippen LogP contribution in [0.3, 0.4) is 0 Å². The first kappa shape index (κ1) is 24.8. The predicted octanol–water partition coefficient (Wildman–Crippen LogP) is -0.270. The fraction of sp³-hybridized carbons (Fsp3) is 0.273. The highest BCUT2D eigenvalue weighted by Gasteiger charge is 2.46. The van der Waals surface area contributed by atoms with E-state index in [1.807, 2.05) is 0 Å². The number of phenolic OH excluding ortho intramolecular Hbond substituents is 4. The molecule has 3 rings (SSSR count). The molecule has 182 valence electrons. The number of hydrogen-bond donors (Lipinski definition) is 7. The van der Waals surface area contributed by atoms with E-state index in [9.17, 15) is 45.3 Å². The number of carbonyl (C=O) groups is 2. The van der Waals surface area contributed by atoms with Crippen molar-refractivity contribution < 1.29 is 59.5 Å². The standard InChI is InChI=1S/C22H22O12/c23-12-4-1-10(2-5-12)3-6-16(26)32-9-15-18(28)19(29)20(30)22(33-15)34-21(31)11-7-13(24)17(27)14(25)8-11/h1-8,15,18-20,22-25,27-30H,9H2/t15-,18-,19-,20-,22-/m0/s1. The zero-order valence-electron chi connectivity index (χ0n) is 17.4. The van der Waals surface area contributed by atoms with Gasteiger partial charge in [0, 0.05) is 6.08 Å². The highest BCUT2D eigenvalue weighted by molar-refractivity contribution is 5.91. The fourth-order valence-corrected chi connectivity index (χ4v) is 3.01. The highest BCUT2D eigenvalue weighted by atomic mass is 16.7. The van der Waals surface area contributed by atoms with Crippen LogP contribution in [0.5, 0.6) is 23.0 Å². The summed E-state index contributed by atoms with van der Waals surface area (Å²) in [5, 5.41) is 67.9. The quantitative estimate of drug-likeness (QED) is 0.163. The van der Waals surface area contributed by atoms with Crippen molar-refractivity contribution in [2.24, 2.45) is 0 Å². The summed E-state index contributed by atoms with van der Waals surface area (Å²) in [6.45, 7) is -0.571. The second-order valence-electron chi connectivity index (χ2n) is 7.34. The number of benzene rings is 2. The van der Waals surface area contributed by atoms with E-state index in [-0.39, 0.29) is 5.75 Å². The fourth-order valence-electron chi connectivity index (χ4n) is 3.01. The Morgan fingerprint density at radius 1 is 0.912 bits per heavy atom. The Morgan fingerprint density at radius 2 is 1.53 bits per heavy atom. The Labute approximate surface area is 192 Å². The molecule has 1 aliphatic heterocycles. The summed E-state index contributed by atoms with van der Waals surface area (Å²) in [7, 11) is 0. The van der Waals surface area contributed by atoms with Crippen LogP contribution in [0.15, 0.2) is 42.5 Å². The number of hydrogen-bond acceptors (Lipinski definition) is 12. The molecule has 0 spiro atoms. The first-order valence-corrected chi connectivity index (χ1v) is 9.86. The Bertz CT molecular complexity index is 1040. The molecule has 1 aliphatic rings. The van der Waals surface area contributed by atoms with Crippen LogP contribution in [0.25, 0.3) is 6.08 Å². The van der Waals surface area contributed by atoms with Gasteiger partial charge in [0.05, 0.1) is 5.56 Å². The molecular formula is C22H22O12. The zero-order valence-corrected chi connectivity index (χ0v) is 17.4. The minimum Gasteiger partial charge on any atom is -0.508 e. The molecular weight excluding hydrogens is 456 g/mol. The Morgan fingerprint density at radius 3 is 2.15 bits per heavy atom. The van der Waals surface area contributed by atoms with Gasteiger partial charge < -0.3 is 50.0 Å². The Hall–Kier alpha value is -3.84. The Kier molecular flexibility index (Phi) is 7.58. The van der Waals surface area contributed by atoms with Gasteiger partial charge in [-0.15, -0.1) is 0 Å². The maximum atomic E-state index is 12.3. The summed E-state index contributed by atoms with van der Waals surface area (Å²) in [5.41, 5.74) is 0.187. The number of rotatable bonds is 6. The number of esters is 2. The van der Waals surface area contributed by atoms with Crippen molar-refractivity contribution in [1.82, 2.24) is 0 Å². The van der Waals surface area contributed by atoms with E-state index in [0.29, 0.717) is 5.56 Å². The number of carbonyl (C=O) groups excluding carboxylic acids is 2. The molecule has 1 fully saturated rings. The minimum atomic E-state index is -1.88. The van der Waals surface area contributed by atoms with E-state index in [0.717, 1.165) is 18.2 Å². The lowest BCUT2D eigenvalue weighted by molar-refractivity contribution is -0.285. The molecule has 5 atom stereocenters. The van der Waals surface area contributed by atoms with Crippen LogP contribution < -0.4 is 0 Å². The van der Waals surface area contributed by atoms with Gasteiger partial charge in [0.2, 0.25) is 6.29 Å². The molecule has 0 unspecified atom stereocenters. The number of aliphatic hydroxyl groups is 3. The molecule has 0 saturated carbocycles. The van der Waals surface area contributed by atoms with Gasteiger partial charge in [0.25, 0.3) is 0 Å². The van der Waals surface area contributed by atoms with Gasteiger partial charge in [0.1, 0.15) is 36.8 Å². The molecule has 12 nitrogen and oxygen atoms in total. The summed E-state index contributed by atoms with van der Waals surface area (Å²) < 4.78 is 15.2. The van der Waals surface area contributed by atoms with Gasteiger partial charge in [-0.2, -0.15) is 0 Å². The molecule has 2 aromatic carbocycles. The number of aliphatic hydroxyl groups excluding tert-OH is 3. The van der Waals surface area contributed by atoms with Crippen LogP contribution in [0, 0.1) is 0 Å². The molecule has 1 saturated heterocycles. The van der Waals surface area contributed by atoms with Crippen molar-refractivity contribution in [3.63, 3.8) is 0 Å². The van der Waals surface area contributed by atoms with Gasteiger partial charge in [-0.3, -0.25) is 0 Å². The average molecular weight is 478 g/mol. The summed E-state index contributed by atoms with van der Waals surface area (Å²) in [5.74, 6) is -4.45. The first-order valence-electron chi connectivity index (χ1n) is 9.86. The molecule has 7 N–H and O–H groups in total. The SMILES string of the molecule is O=C(C=Cc1ccc(O)cc1)OC[C@@H]1O[C@@H](OC(=O)c2cc(O)c(O)c(O)c2)[C@@H](O)[C@@H](O)[C@H]1O. The molecule has 0 amide bonds. The smallest absolute Gasteiger partial charge is 0.340 e. The van der Waals surface area contributed by atoms with E-state index in [4.69, 9.17) is 14.2 Å². The molecule has 12 heteroatoms. The van der Waals surface area contributed by atoms with E-state index in [1.54, 1.807) is 12.1 Å². The van der Waals surface area contributed by atoms with Crippen molar-refractivity contribution in [3.8, 4) is 23.0 Å². The van der Waals surface area contributed by atoms with Gasteiger partial charge in [0.15, 0.2) is 17.2 Å². The molecule has 0 bridgehead atoms. The van der Waals surface area contributed by atoms with Gasteiger partial charge in [-0.1, -0.05) is 12.1 Å². The Balaban J connectivity index is 1.62. The largest absolute Gasteiger partial charge is 0.508 e. The zero-order chi connectivity index (χ0) is 25.0. The molecule has 0 radical (unpaired) electrons. The third-order valence-corrected chi connectivity index (χ3v) is 4.89. The predicted molar refractivity (Wildman–Crippen MR) is 112 cm³/mol. The number of phenols is 4. The molecule has 0 aromatic heterocycles. The third kappa shape index (κ3) is 5.74. The van der Waals surface area contributed by atoms with Crippen LogP contribution in [-0.4, -0.2) is 85.0 Å². The summed E-state index contributed by atoms with van der Waals surface area (Å²) in [4.78, 5) is 24.3. The van der Waals surface area contributed by atoms with Crippen LogP contribution >= 0.6 is 0 Å². The molecule has 34 heavy (non-hydrogen) atoms. The first-order chi connectivity index (χ1) is 16.1. The average Bonchev–Trinajstić information content (AvgIpc) is 2.81. The monoisotopic (exact) mass is 478 g/mol. The van der Waals surface area contributed by atoms with Gasteiger partial charge >= 0.3 is 11.9 Å². The topological polar surface area (TPSA) is 203 Å². The van der Waals surface area contributed by atoms with Crippen molar-refractivity contribution in [2.45, 2.75) is 30.7 Å². The van der Waals surface area contributed by atoms with Crippen LogP contribution in [0.2, 0.25) is 0 Å². The second kappa shape index (κ2) is 10.4. The lowest BCUT2D eigenvalue weighted by Crippen LogP contribution is -2.59.